The van der Waals surface area contributed by atoms with E-state index >= 15 is 0 Å². The molecule has 1 atom stereocenters. The van der Waals surface area contributed by atoms with E-state index in [-0.39, 0.29) is 5.54 Å². The van der Waals surface area contributed by atoms with E-state index in [4.69, 9.17) is 0 Å². The van der Waals surface area contributed by atoms with Gasteiger partial charge in [0.15, 0.2) is 0 Å². The van der Waals surface area contributed by atoms with Crippen molar-refractivity contribution in [2.45, 2.75) is 39.8 Å². The van der Waals surface area contributed by atoms with Gasteiger partial charge < -0.3 is 10.4 Å². The lowest BCUT2D eigenvalue weighted by atomic mass is 10.1. The highest BCUT2D eigenvalue weighted by atomic mass is 31.1. The van der Waals surface area contributed by atoms with Gasteiger partial charge >= 0.3 is 0 Å². The Morgan fingerprint density at radius 2 is 1.59 bits per heavy atom. The number of aryl methyl sites for hydroxylation is 1. The zero-order chi connectivity index (χ0) is 19.4. The van der Waals surface area contributed by atoms with Crippen LogP contribution in [0.5, 0.6) is 5.75 Å². The minimum absolute atomic E-state index is 0.0689. The lowest BCUT2D eigenvalue weighted by molar-refractivity contribution is 0.425. The van der Waals surface area contributed by atoms with Crippen LogP contribution in [0.25, 0.3) is 11.1 Å². The van der Waals surface area contributed by atoms with Gasteiger partial charge in [0, 0.05) is 23.0 Å². The second kappa shape index (κ2) is 8.25. The zero-order valence-corrected chi connectivity index (χ0v) is 17.5. The third-order valence-electron chi connectivity index (χ3n) is 4.55. The highest BCUT2D eigenvalue weighted by molar-refractivity contribution is 7.56. The number of rotatable bonds is 5. The Hall–Kier alpha value is -2.15. The number of para-hydroxylation sites is 1. The van der Waals surface area contributed by atoms with Crippen molar-refractivity contribution in [1.29, 1.82) is 0 Å². The Kier molecular flexibility index (Phi) is 5.99. The molecule has 0 saturated heterocycles. The van der Waals surface area contributed by atoms with Crippen molar-refractivity contribution in [2.75, 3.05) is 0 Å². The van der Waals surface area contributed by atoms with Crippen LogP contribution >= 0.6 is 8.58 Å². The number of hydrogen-bond acceptors (Lipinski definition) is 2. The fourth-order valence-electron chi connectivity index (χ4n) is 3.04. The first-order valence-electron chi connectivity index (χ1n) is 9.33. The van der Waals surface area contributed by atoms with E-state index in [1.54, 1.807) is 0 Å². The molecule has 0 radical (unpaired) electrons. The second-order valence-corrected chi connectivity index (χ2v) is 9.19. The Bertz CT molecular complexity index is 913. The van der Waals surface area contributed by atoms with Crippen molar-refractivity contribution < 1.29 is 5.11 Å². The van der Waals surface area contributed by atoms with Crippen molar-refractivity contribution in [2.24, 2.45) is 0 Å². The standard InChI is InChI=1S/C24H28NOP/c1-17-10-8-13-19(16-25-24(2,3)4)23(17)27-21-15-9-14-20(22(21)26)18-11-6-5-7-12-18/h5-15,25-27H,16H2,1-4H3. The van der Waals surface area contributed by atoms with E-state index in [0.717, 1.165) is 23.0 Å². The lowest BCUT2D eigenvalue weighted by Gasteiger charge is -2.22. The van der Waals surface area contributed by atoms with Crippen LogP contribution in [0.4, 0.5) is 0 Å². The molecule has 140 valence electrons. The number of hydrogen-bond donors (Lipinski definition) is 2. The molecule has 0 bridgehead atoms. The van der Waals surface area contributed by atoms with Crippen molar-refractivity contribution in [3.05, 3.63) is 77.9 Å². The molecule has 3 heteroatoms. The fourth-order valence-corrected chi connectivity index (χ4v) is 4.36. The maximum atomic E-state index is 10.9. The third-order valence-corrected chi connectivity index (χ3v) is 6.19. The topological polar surface area (TPSA) is 32.3 Å². The summed E-state index contributed by atoms with van der Waals surface area (Å²) in [6, 6.07) is 22.6. The Labute approximate surface area is 164 Å². The molecule has 0 aliphatic heterocycles. The van der Waals surface area contributed by atoms with Crippen LogP contribution in [0.1, 0.15) is 31.9 Å². The van der Waals surface area contributed by atoms with Crippen LogP contribution in [0, 0.1) is 6.92 Å². The second-order valence-electron chi connectivity index (χ2n) is 7.91. The maximum absolute atomic E-state index is 10.9. The average Bonchev–Trinajstić information content (AvgIpc) is 2.64. The Morgan fingerprint density at radius 1 is 0.889 bits per heavy atom. The molecular weight excluding hydrogens is 349 g/mol. The van der Waals surface area contributed by atoms with E-state index in [0.29, 0.717) is 14.3 Å². The van der Waals surface area contributed by atoms with Crippen LogP contribution in [0.15, 0.2) is 66.7 Å². The number of aromatic hydroxyl groups is 1. The Morgan fingerprint density at radius 3 is 2.30 bits per heavy atom. The third kappa shape index (κ3) is 4.97. The quantitative estimate of drug-likeness (QED) is 0.621. The molecule has 0 heterocycles. The van der Waals surface area contributed by atoms with Crippen molar-refractivity contribution in [3.8, 4) is 16.9 Å². The predicted molar refractivity (Wildman–Crippen MR) is 119 cm³/mol. The van der Waals surface area contributed by atoms with Gasteiger partial charge in [-0.3, -0.25) is 0 Å². The smallest absolute Gasteiger partial charge is 0.131 e. The van der Waals surface area contributed by atoms with Crippen molar-refractivity contribution in [1.82, 2.24) is 5.32 Å². The highest BCUT2D eigenvalue weighted by Gasteiger charge is 2.15. The summed E-state index contributed by atoms with van der Waals surface area (Å²) in [6.45, 7) is 9.52. The first-order valence-corrected chi connectivity index (χ1v) is 10.3. The van der Waals surface area contributed by atoms with Gasteiger partial charge in [0.25, 0.3) is 0 Å². The number of benzene rings is 3. The summed E-state index contributed by atoms with van der Waals surface area (Å²) in [5, 5.41) is 16.8. The first kappa shape index (κ1) is 19.6. The number of phenols is 1. The molecule has 2 N–H and O–H groups in total. The van der Waals surface area contributed by atoms with Crippen LogP contribution in [-0.4, -0.2) is 10.6 Å². The molecule has 0 spiro atoms. The summed E-state index contributed by atoms with van der Waals surface area (Å²) in [4.78, 5) is 0. The fraction of sp³-hybridized carbons (Fsp3) is 0.250. The van der Waals surface area contributed by atoms with Gasteiger partial charge in [-0.05, 0) is 49.7 Å². The molecule has 0 saturated carbocycles. The lowest BCUT2D eigenvalue weighted by Crippen LogP contribution is -2.36. The van der Waals surface area contributed by atoms with Gasteiger partial charge in [-0.2, -0.15) is 0 Å². The molecule has 3 aromatic carbocycles. The largest absolute Gasteiger partial charge is 0.507 e. The van der Waals surface area contributed by atoms with E-state index in [9.17, 15) is 5.11 Å². The predicted octanol–water partition coefficient (Wildman–Crippen LogP) is 4.89. The summed E-state index contributed by atoms with van der Waals surface area (Å²) in [5.41, 5.74) is 4.57. The van der Waals surface area contributed by atoms with E-state index in [1.807, 2.05) is 48.5 Å². The first-order chi connectivity index (χ1) is 12.8. The van der Waals surface area contributed by atoms with Gasteiger partial charge in [-0.25, -0.2) is 0 Å². The molecule has 1 unspecified atom stereocenters. The summed E-state index contributed by atoms with van der Waals surface area (Å²) in [6.07, 6.45) is 0. The monoisotopic (exact) mass is 377 g/mol. The van der Waals surface area contributed by atoms with Crippen LogP contribution in [-0.2, 0) is 6.54 Å². The van der Waals surface area contributed by atoms with E-state index in [1.165, 1.54) is 16.4 Å². The van der Waals surface area contributed by atoms with Gasteiger partial charge in [-0.15, -0.1) is 0 Å². The van der Waals surface area contributed by atoms with E-state index < -0.39 is 0 Å². The summed E-state index contributed by atoms with van der Waals surface area (Å²) in [7, 11) is 0.418. The molecule has 2 nitrogen and oxygen atoms in total. The SMILES string of the molecule is Cc1cccc(CNC(C)(C)C)c1Pc1cccc(-c2ccccc2)c1O. The van der Waals surface area contributed by atoms with Crippen molar-refractivity contribution in [3.63, 3.8) is 0 Å². The highest BCUT2D eigenvalue weighted by Crippen LogP contribution is 2.31. The molecule has 0 aromatic heterocycles. The zero-order valence-electron chi connectivity index (χ0n) is 16.5. The average molecular weight is 377 g/mol. The molecule has 0 aliphatic rings. The summed E-state index contributed by atoms with van der Waals surface area (Å²) < 4.78 is 0. The molecule has 3 rings (SSSR count). The van der Waals surface area contributed by atoms with Crippen LogP contribution < -0.4 is 15.9 Å². The summed E-state index contributed by atoms with van der Waals surface area (Å²) >= 11 is 0. The molecule has 0 aliphatic carbocycles. The minimum atomic E-state index is 0.0689. The number of nitrogens with one attached hydrogen (secondary N) is 1. The Balaban J connectivity index is 1.94. The normalized spacial score (nSPS) is 12.0. The van der Waals surface area contributed by atoms with Gasteiger partial charge in [0.2, 0.25) is 0 Å². The molecule has 3 aromatic rings. The van der Waals surface area contributed by atoms with E-state index in [2.05, 4.69) is 51.2 Å². The minimum Gasteiger partial charge on any atom is -0.507 e. The molecule has 0 fully saturated rings. The molecule has 27 heavy (non-hydrogen) atoms. The van der Waals surface area contributed by atoms with Crippen LogP contribution in [0.3, 0.4) is 0 Å². The molecular formula is C24H28NOP. The van der Waals surface area contributed by atoms with Gasteiger partial charge in [0.1, 0.15) is 5.75 Å². The number of phenolic OH excluding ortho intramolecular Hbond substituents is 1. The van der Waals surface area contributed by atoms with Crippen LogP contribution in [0.2, 0.25) is 0 Å². The van der Waals surface area contributed by atoms with Gasteiger partial charge in [-0.1, -0.05) is 75.3 Å². The molecule has 0 amide bonds. The van der Waals surface area contributed by atoms with Gasteiger partial charge in [0.05, 0.1) is 0 Å². The van der Waals surface area contributed by atoms with Crippen molar-refractivity contribution >= 4 is 19.2 Å². The summed E-state index contributed by atoms with van der Waals surface area (Å²) in [5.74, 6) is 0.389. The maximum Gasteiger partial charge on any atom is 0.131 e.